The van der Waals surface area contributed by atoms with Gasteiger partial charge in [-0.05, 0) is 19.3 Å². The van der Waals surface area contributed by atoms with Crippen LogP contribution in [0.25, 0.3) is 0 Å². The molecule has 1 fully saturated rings. The Morgan fingerprint density at radius 3 is 2.62 bits per heavy atom. The first-order valence-electron chi connectivity index (χ1n) is 6.05. The minimum absolute atomic E-state index is 0.169. The Morgan fingerprint density at radius 1 is 1.56 bits per heavy atom. The largest absolute Gasteiger partial charge is 0.343 e. The molecule has 0 aromatic rings. The average molecular weight is 223 g/mol. The van der Waals surface area contributed by atoms with Gasteiger partial charge in [-0.15, -0.1) is 0 Å². The molecule has 0 aromatic heterocycles. The van der Waals surface area contributed by atoms with Gasteiger partial charge in [0.2, 0.25) is 5.91 Å². The highest BCUT2D eigenvalue weighted by Crippen LogP contribution is 2.12. The molecule has 4 nitrogen and oxygen atoms in total. The number of likely N-dealkylation sites (tertiary alicyclic amines) is 1. The van der Waals surface area contributed by atoms with Crippen molar-refractivity contribution < 1.29 is 4.79 Å². The van der Waals surface area contributed by atoms with E-state index in [1.54, 1.807) is 6.92 Å². The van der Waals surface area contributed by atoms with Gasteiger partial charge in [0.15, 0.2) is 0 Å². The van der Waals surface area contributed by atoms with Crippen LogP contribution in [-0.2, 0) is 4.79 Å². The van der Waals surface area contributed by atoms with Crippen molar-refractivity contribution >= 4 is 5.91 Å². The normalized spacial score (nSPS) is 19.2. The molecular weight excluding hydrogens is 202 g/mol. The molecule has 1 N–H and O–H groups in total. The van der Waals surface area contributed by atoms with Gasteiger partial charge in [0.1, 0.15) is 0 Å². The quantitative estimate of drug-likeness (QED) is 0.781. The maximum Gasteiger partial charge on any atom is 0.219 e. The van der Waals surface area contributed by atoms with Crippen LogP contribution in [0.2, 0.25) is 0 Å². The summed E-state index contributed by atoms with van der Waals surface area (Å²) in [6.07, 6.45) is 3.56. The highest BCUT2D eigenvalue weighted by atomic mass is 16.2. The second-order valence-corrected chi connectivity index (χ2v) is 4.41. The van der Waals surface area contributed by atoms with E-state index in [0.717, 1.165) is 32.4 Å². The van der Waals surface area contributed by atoms with Crippen LogP contribution in [0.15, 0.2) is 0 Å². The minimum Gasteiger partial charge on any atom is -0.343 e. The van der Waals surface area contributed by atoms with Crippen molar-refractivity contribution in [2.75, 3.05) is 13.1 Å². The van der Waals surface area contributed by atoms with E-state index >= 15 is 0 Å². The van der Waals surface area contributed by atoms with Crippen molar-refractivity contribution in [2.24, 2.45) is 0 Å². The molecule has 1 aliphatic rings. The van der Waals surface area contributed by atoms with Gasteiger partial charge in [-0.1, -0.05) is 6.92 Å². The van der Waals surface area contributed by atoms with E-state index in [4.69, 9.17) is 5.26 Å². The average Bonchev–Trinajstić information content (AvgIpc) is 2.29. The fraction of sp³-hybridized carbons (Fsp3) is 0.833. The molecule has 1 amide bonds. The Balaban J connectivity index is 2.31. The van der Waals surface area contributed by atoms with Crippen LogP contribution in [0.1, 0.15) is 39.5 Å². The first-order chi connectivity index (χ1) is 7.67. The zero-order valence-electron chi connectivity index (χ0n) is 10.2. The van der Waals surface area contributed by atoms with Gasteiger partial charge >= 0.3 is 0 Å². The summed E-state index contributed by atoms with van der Waals surface area (Å²) in [4.78, 5) is 13.0. The lowest BCUT2D eigenvalue weighted by Gasteiger charge is -2.33. The first-order valence-corrected chi connectivity index (χ1v) is 6.05. The lowest BCUT2D eigenvalue weighted by atomic mass is 10.0. The molecular formula is C12H21N3O. The molecule has 1 rings (SSSR count). The van der Waals surface area contributed by atoms with Crippen LogP contribution in [0.4, 0.5) is 0 Å². The standard InChI is InChI=1S/C12H21N3O/c1-3-11(4-7-13)14-12-5-8-15(9-6-12)10(2)16/h11-12,14H,3-6,8-9H2,1-2H3. The Labute approximate surface area is 97.6 Å². The topological polar surface area (TPSA) is 56.1 Å². The van der Waals surface area contributed by atoms with Crippen molar-refractivity contribution in [3.63, 3.8) is 0 Å². The monoisotopic (exact) mass is 223 g/mol. The van der Waals surface area contributed by atoms with Crippen LogP contribution in [0.3, 0.4) is 0 Å². The van der Waals surface area contributed by atoms with Gasteiger partial charge in [-0.2, -0.15) is 5.26 Å². The second-order valence-electron chi connectivity index (χ2n) is 4.41. The molecule has 1 unspecified atom stereocenters. The number of piperidine rings is 1. The predicted octanol–water partition coefficient (Wildman–Crippen LogP) is 1.28. The van der Waals surface area contributed by atoms with E-state index in [2.05, 4.69) is 18.3 Å². The van der Waals surface area contributed by atoms with Gasteiger partial charge in [0.25, 0.3) is 0 Å². The Morgan fingerprint density at radius 2 is 2.19 bits per heavy atom. The van der Waals surface area contributed by atoms with Crippen molar-refractivity contribution in [1.82, 2.24) is 10.2 Å². The third-order valence-electron chi connectivity index (χ3n) is 3.24. The number of hydrogen-bond acceptors (Lipinski definition) is 3. The van der Waals surface area contributed by atoms with E-state index in [1.165, 1.54) is 0 Å². The van der Waals surface area contributed by atoms with Gasteiger partial charge < -0.3 is 10.2 Å². The van der Waals surface area contributed by atoms with Crippen molar-refractivity contribution in [3.8, 4) is 6.07 Å². The van der Waals surface area contributed by atoms with Crippen molar-refractivity contribution in [3.05, 3.63) is 0 Å². The van der Waals surface area contributed by atoms with Gasteiger partial charge in [0.05, 0.1) is 12.5 Å². The summed E-state index contributed by atoms with van der Waals surface area (Å²) in [5, 5.41) is 12.2. The Kier molecular flexibility index (Phi) is 5.27. The SMILES string of the molecule is CCC(CC#N)NC1CCN(C(C)=O)CC1. The molecule has 0 saturated carbocycles. The van der Waals surface area contributed by atoms with Crippen LogP contribution >= 0.6 is 0 Å². The summed E-state index contributed by atoms with van der Waals surface area (Å²) in [6, 6.07) is 2.98. The van der Waals surface area contributed by atoms with E-state index in [-0.39, 0.29) is 5.91 Å². The molecule has 0 radical (unpaired) electrons. The lowest BCUT2D eigenvalue weighted by Crippen LogP contribution is -2.47. The molecule has 16 heavy (non-hydrogen) atoms. The minimum atomic E-state index is 0.169. The highest BCUT2D eigenvalue weighted by Gasteiger charge is 2.22. The van der Waals surface area contributed by atoms with Crippen LogP contribution in [0, 0.1) is 11.3 Å². The van der Waals surface area contributed by atoms with E-state index < -0.39 is 0 Å². The summed E-state index contributed by atoms with van der Waals surface area (Å²) < 4.78 is 0. The predicted molar refractivity (Wildman–Crippen MR) is 62.7 cm³/mol. The summed E-state index contributed by atoms with van der Waals surface area (Å²) in [5.41, 5.74) is 0. The van der Waals surface area contributed by atoms with Crippen molar-refractivity contribution in [1.29, 1.82) is 5.26 Å². The van der Waals surface area contributed by atoms with Crippen LogP contribution in [-0.4, -0.2) is 36.0 Å². The third kappa shape index (κ3) is 3.82. The molecule has 90 valence electrons. The molecule has 4 heteroatoms. The molecule has 1 heterocycles. The second kappa shape index (κ2) is 6.49. The molecule has 1 aliphatic heterocycles. The van der Waals surface area contributed by atoms with Crippen LogP contribution < -0.4 is 5.32 Å². The number of carbonyl (C=O) groups is 1. The van der Waals surface area contributed by atoms with Gasteiger partial charge in [0, 0.05) is 32.1 Å². The molecule has 1 saturated heterocycles. The zero-order valence-corrected chi connectivity index (χ0v) is 10.2. The number of amides is 1. The summed E-state index contributed by atoms with van der Waals surface area (Å²) in [5.74, 6) is 0.169. The molecule has 0 aliphatic carbocycles. The number of nitrogens with zero attached hydrogens (tertiary/aromatic N) is 2. The number of nitrogens with one attached hydrogen (secondary N) is 1. The molecule has 1 atom stereocenters. The van der Waals surface area contributed by atoms with Crippen LogP contribution in [0.5, 0.6) is 0 Å². The number of hydrogen-bond donors (Lipinski definition) is 1. The fourth-order valence-corrected chi connectivity index (χ4v) is 2.13. The fourth-order valence-electron chi connectivity index (χ4n) is 2.13. The third-order valence-corrected chi connectivity index (χ3v) is 3.24. The summed E-state index contributed by atoms with van der Waals surface area (Å²) in [6.45, 7) is 5.41. The first kappa shape index (κ1) is 13.0. The van der Waals surface area contributed by atoms with E-state index in [0.29, 0.717) is 18.5 Å². The van der Waals surface area contributed by atoms with Gasteiger partial charge in [-0.25, -0.2) is 0 Å². The smallest absolute Gasteiger partial charge is 0.219 e. The van der Waals surface area contributed by atoms with E-state index in [9.17, 15) is 4.79 Å². The highest BCUT2D eigenvalue weighted by molar-refractivity contribution is 5.73. The molecule has 0 bridgehead atoms. The molecule has 0 aromatic carbocycles. The Hall–Kier alpha value is -1.08. The molecule has 0 spiro atoms. The lowest BCUT2D eigenvalue weighted by molar-refractivity contribution is -0.129. The summed E-state index contributed by atoms with van der Waals surface area (Å²) in [7, 11) is 0. The maximum absolute atomic E-state index is 11.1. The summed E-state index contributed by atoms with van der Waals surface area (Å²) >= 11 is 0. The number of carbonyl (C=O) groups excluding carboxylic acids is 1. The zero-order chi connectivity index (χ0) is 12.0. The number of rotatable bonds is 4. The maximum atomic E-state index is 11.1. The number of nitriles is 1. The van der Waals surface area contributed by atoms with Gasteiger partial charge in [-0.3, -0.25) is 4.79 Å². The van der Waals surface area contributed by atoms with E-state index in [1.807, 2.05) is 4.90 Å². The Bertz CT molecular complexity index is 264. The van der Waals surface area contributed by atoms with Crippen molar-refractivity contribution in [2.45, 2.75) is 51.6 Å².